The Hall–Kier alpha value is -4.01. The van der Waals surface area contributed by atoms with Crippen molar-refractivity contribution in [2.45, 2.75) is 18.4 Å². The van der Waals surface area contributed by atoms with Gasteiger partial charge in [-0.1, -0.05) is 12.1 Å². The maximum Gasteiger partial charge on any atom is 0.239 e. The van der Waals surface area contributed by atoms with Gasteiger partial charge in [0.1, 0.15) is 11.6 Å². The molecule has 31 heavy (non-hydrogen) atoms. The third kappa shape index (κ3) is 3.43. The molecule has 0 radical (unpaired) electrons. The van der Waals surface area contributed by atoms with E-state index in [0.717, 1.165) is 16.0 Å². The minimum absolute atomic E-state index is 0.134. The van der Waals surface area contributed by atoms with Crippen LogP contribution >= 0.6 is 11.3 Å². The van der Waals surface area contributed by atoms with Crippen LogP contribution in [0, 0.1) is 22.7 Å². The maximum absolute atomic E-state index is 13.3. The van der Waals surface area contributed by atoms with E-state index in [2.05, 4.69) is 17.1 Å². The van der Waals surface area contributed by atoms with E-state index in [1.807, 2.05) is 36.6 Å². The molecule has 3 aromatic rings. The number of guanidine groups is 1. The fourth-order valence-electron chi connectivity index (χ4n) is 3.79. The van der Waals surface area contributed by atoms with Gasteiger partial charge >= 0.3 is 0 Å². The number of carbonyl (C=O) groups is 1. The summed E-state index contributed by atoms with van der Waals surface area (Å²) in [5.74, 6) is -0.773. The summed E-state index contributed by atoms with van der Waals surface area (Å²) in [4.78, 5) is 24.3. The van der Waals surface area contributed by atoms with Gasteiger partial charge in [0.05, 0.1) is 23.1 Å². The molecule has 0 fully saturated rings. The van der Waals surface area contributed by atoms with Gasteiger partial charge < -0.3 is 5.73 Å². The van der Waals surface area contributed by atoms with Gasteiger partial charge in [0, 0.05) is 24.3 Å². The number of amides is 1. The molecule has 2 aromatic heterocycles. The maximum atomic E-state index is 13.3. The van der Waals surface area contributed by atoms with Crippen molar-refractivity contribution in [3.8, 4) is 23.3 Å². The number of thiophene rings is 1. The lowest BCUT2D eigenvalue weighted by atomic mass is 9.78. The Morgan fingerprint density at radius 1 is 1.13 bits per heavy atom. The van der Waals surface area contributed by atoms with Crippen molar-refractivity contribution in [3.63, 3.8) is 0 Å². The van der Waals surface area contributed by atoms with Gasteiger partial charge in [-0.25, -0.2) is 4.99 Å². The minimum Gasteiger partial charge on any atom is -0.369 e. The monoisotopic (exact) mass is 426 g/mol. The summed E-state index contributed by atoms with van der Waals surface area (Å²) >= 11 is 1.48. The van der Waals surface area contributed by atoms with E-state index in [1.165, 1.54) is 22.4 Å². The summed E-state index contributed by atoms with van der Waals surface area (Å²) in [6, 6.07) is 15.2. The van der Waals surface area contributed by atoms with Crippen LogP contribution < -0.4 is 5.73 Å². The normalized spacial score (nSPS) is 20.6. The van der Waals surface area contributed by atoms with E-state index < -0.39 is 11.5 Å². The predicted octanol–water partition coefficient (Wildman–Crippen LogP) is 3.34. The van der Waals surface area contributed by atoms with Crippen LogP contribution in [-0.2, 0) is 10.3 Å². The number of hydrogen-bond donors (Lipinski definition) is 1. The molecule has 1 amide bonds. The van der Waals surface area contributed by atoms with Crippen LogP contribution in [-0.4, -0.2) is 28.8 Å². The van der Waals surface area contributed by atoms with Gasteiger partial charge in [0.15, 0.2) is 5.96 Å². The van der Waals surface area contributed by atoms with E-state index in [9.17, 15) is 15.3 Å². The first-order valence-corrected chi connectivity index (χ1v) is 10.3. The number of rotatable bonds is 3. The summed E-state index contributed by atoms with van der Waals surface area (Å²) < 4.78 is 0. The highest BCUT2D eigenvalue weighted by Crippen LogP contribution is 2.47. The second-order valence-electron chi connectivity index (χ2n) is 7.46. The van der Waals surface area contributed by atoms with Crippen LogP contribution in [0.15, 0.2) is 59.2 Å². The molecular weight excluding hydrogens is 408 g/mol. The van der Waals surface area contributed by atoms with E-state index in [1.54, 1.807) is 25.4 Å². The van der Waals surface area contributed by atoms with E-state index in [-0.39, 0.29) is 11.9 Å². The number of aromatic nitrogens is 1. The van der Waals surface area contributed by atoms with E-state index >= 15 is 0 Å². The van der Waals surface area contributed by atoms with Crippen LogP contribution in [0.25, 0.3) is 11.1 Å². The van der Waals surface area contributed by atoms with Crippen molar-refractivity contribution < 1.29 is 4.79 Å². The quantitative estimate of drug-likeness (QED) is 0.689. The molecule has 4 rings (SSSR count). The van der Waals surface area contributed by atoms with Crippen LogP contribution in [0.2, 0.25) is 0 Å². The summed E-state index contributed by atoms with van der Waals surface area (Å²) in [6.45, 7) is 1.87. The molecule has 1 aromatic carbocycles. The number of hydrogen-bond acceptors (Lipinski definition) is 7. The molecule has 1 unspecified atom stereocenters. The highest BCUT2D eigenvalue weighted by atomic mass is 32.1. The molecule has 3 heterocycles. The van der Waals surface area contributed by atoms with Crippen LogP contribution in [0.5, 0.6) is 0 Å². The van der Waals surface area contributed by atoms with Gasteiger partial charge in [-0.2, -0.15) is 10.5 Å². The Kier molecular flexibility index (Phi) is 5.02. The number of nitriles is 2. The first-order valence-electron chi connectivity index (χ1n) is 9.45. The van der Waals surface area contributed by atoms with Crippen LogP contribution in [0.1, 0.15) is 34.4 Å². The average molecular weight is 427 g/mol. The zero-order chi connectivity index (χ0) is 22.2. The van der Waals surface area contributed by atoms with E-state index in [0.29, 0.717) is 16.7 Å². The number of nitrogens with two attached hydrogens (primary N) is 1. The number of nitrogens with zero attached hydrogens (tertiary/aromatic N) is 5. The highest BCUT2D eigenvalue weighted by molar-refractivity contribution is 7.10. The fourth-order valence-corrected chi connectivity index (χ4v) is 4.84. The molecule has 0 saturated carbocycles. The Morgan fingerprint density at radius 2 is 1.90 bits per heavy atom. The summed E-state index contributed by atoms with van der Waals surface area (Å²) in [6.07, 6.45) is 3.05. The van der Waals surface area contributed by atoms with Crippen molar-refractivity contribution in [1.29, 1.82) is 10.5 Å². The van der Waals surface area contributed by atoms with Crippen molar-refractivity contribution >= 4 is 23.2 Å². The molecule has 2 N–H and O–H groups in total. The van der Waals surface area contributed by atoms with Crippen LogP contribution in [0.3, 0.4) is 0 Å². The smallest absolute Gasteiger partial charge is 0.239 e. The number of likely N-dealkylation sites (N-methyl/N-ethyl adjacent to an activating group) is 1. The largest absolute Gasteiger partial charge is 0.369 e. The summed E-state index contributed by atoms with van der Waals surface area (Å²) in [5, 5.41) is 20.5. The Labute approximate surface area is 183 Å². The van der Waals surface area contributed by atoms with Gasteiger partial charge in [-0.05, 0) is 53.3 Å². The van der Waals surface area contributed by atoms with Gasteiger partial charge in [0.25, 0.3) is 0 Å². The number of carbonyl (C=O) groups excluding carboxylic acids is 1. The molecule has 1 aliphatic heterocycles. The predicted molar refractivity (Wildman–Crippen MR) is 118 cm³/mol. The molecule has 0 bridgehead atoms. The van der Waals surface area contributed by atoms with Crippen molar-refractivity contribution in [2.24, 2.45) is 10.7 Å². The lowest BCUT2D eigenvalue weighted by molar-refractivity contribution is -0.130. The number of aliphatic imine (C=N–C) groups is 1. The van der Waals surface area contributed by atoms with Crippen LogP contribution in [0.4, 0.5) is 0 Å². The SMILES string of the molecule is CN1C(=O)[C@H](c2cncc(C#N)c2)C(C)(c2cc(-c3cccc(C#N)c3)cs2)N=C1N. The Morgan fingerprint density at radius 3 is 2.65 bits per heavy atom. The Bertz CT molecular complexity index is 1300. The molecule has 0 spiro atoms. The van der Waals surface area contributed by atoms with Crippen molar-refractivity contribution in [3.05, 3.63) is 75.7 Å². The van der Waals surface area contributed by atoms with E-state index in [4.69, 9.17) is 10.7 Å². The molecule has 152 valence electrons. The van der Waals surface area contributed by atoms with Crippen molar-refractivity contribution in [2.75, 3.05) is 7.05 Å². The standard InChI is InChI=1S/C23H18N6OS/c1-23(19-8-18(13-31-19)16-5-3-4-14(6-16)9-24)20(21(30)29(2)22(26)28-23)17-7-15(10-25)11-27-12-17/h3-8,11-13,20H,1-2H3,(H2,26,28)/t20-,23?/m0/s1. The second kappa shape index (κ2) is 7.67. The fraction of sp³-hybridized carbons (Fsp3) is 0.174. The summed E-state index contributed by atoms with van der Waals surface area (Å²) in [5.41, 5.74) is 8.51. The number of benzene rings is 1. The third-order valence-electron chi connectivity index (χ3n) is 5.48. The lowest BCUT2D eigenvalue weighted by Gasteiger charge is -2.39. The topological polar surface area (TPSA) is 119 Å². The Balaban J connectivity index is 1.85. The second-order valence-corrected chi connectivity index (χ2v) is 8.37. The average Bonchev–Trinajstić information content (AvgIpc) is 3.29. The molecule has 1 aliphatic rings. The summed E-state index contributed by atoms with van der Waals surface area (Å²) in [7, 11) is 1.59. The minimum atomic E-state index is -0.973. The van der Waals surface area contributed by atoms with Gasteiger partial charge in [-0.15, -0.1) is 11.3 Å². The highest BCUT2D eigenvalue weighted by Gasteiger charge is 2.48. The first-order chi connectivity index (χ1) is 14.9. The molecule has 0 aliphatic carbocycles. The van der Waals surface area contributed by atoms with Crippen molar-refractivity contribution in [1.82, 2.24) is 9.88 Å². The molecule has 0 saturated heterocycles. The molecule has 2 atom stereocenters. The molecule has 8 heteroatoms. The van der Waals surface area contributed by atoms with Gasteiger partial charge in [0.2, 0.25) is 5.91 Å². The zero-order valence-electron chi connectivity index (χ0n) is 16.9. The lowest BCUT2D eigenvalue weighted by Crippen LogP contribution is -2.52. The third-order valence-corrected chi connectivity index (χ3v) is 6.63. The number of pyridine rings is 1. The first kappa shape index (κ1) is 20.3. The zero-order valence-corrected chi connectivity index (χ0v) is 17.7. The molecular formula is C23H18N6OS. The molecule has 7 nitrogen and oxygen atoms in total. The van der Waals surface area contributed by atoms with Gasteiger partial charge in [-0.3, -0.25) is 14.7 Å².